The van der Waals surface area contributed by atoms with Crippen molar-refractivity contribution in [1.82, 2.24) is 15.2 Å². The van der Waals surface area contributed by atoms with Crippen LogP contribution in [0.4, 0.5) is 0 Å². The molecular weight excluding hydrogens is 196 g/mol. The van der Waals surface area contributed by atoms with Gasteiger partial charge in [0.1, 0.15) is 6.04 Å². The highest BCUT2D eigenvalue weighted by molar-refractivity contribution is 7.07. The fraction of sp³-hybridized carbons (Fsp3) is 0.556. The Bertz CT molecular complexity index is 288. The molecule has 1 N–H and O–H groups in total. The van der Waals surface area contributed by atoms with Crippen molar-refractivity contribution in [2.75, 3.05) is 27.2 Å². The lowest BCUT2D eigenvalue weighted by molar-refractivity contribution is 0.394. The van der Waals surface area contributed by atoms with Gasteiger partial charge in [-0.05, 0) is 14.1 Å². The molecule has 14 heavy (non-hydrogen) atoms. The molecule has 1 aromatic heterocycles. The first-order valence-electron chi connectivity index (χ1n) is 4.40. The van der Waals surface area contributed by atoms with Gasteiger partial charge in [0.25, 0.3) is 0 Å². The maximum Gasteiger partial charge on any atom is 0.139 e. The predicted octanol–water partition coefficient (Wildman–Crippen LogP) is 0.859. The normalized spacial score (nSPS) is 12.7. The molecular formula is C9H14N4S. The second-order valence-electron chi connectivity index (χ2n) is 3.23. The van der Waals surface area contributed by atoms with E-state index in [-0.39, 0.29) is 6.04 Å². The topological polar surface area (TPSA) is 52.0 Å². The summed E-state index contributed by atoms with van der Waals surface area (Å²) in [7, 11) is 4.01. The van der Waals surface area contributed by atoms with Gasteiger partial charge in [0.05, 0.1) is 17.3 Å². The van der Waals surface area contributed by atoms with Crippen LogP contribution in [0.2, 0.25) is 0 Å². The molecule has 1 heterocycles. The minimum Gasteiger partial charge on any atom is -0.308 e. The number of nitrogens with zero attached hydrogens (tertiary/aromatic N) is 3. The predicted molar refractivity (Wildman–Crippen MR) is 57.0 cm³/mol. The SMILES string of the molecule is CN(C)CCNC(C#N)c1cscn1. The van der Waals surface area contributed by atoms with Crippen LogP contribution in [0.3, 0.4) is 0 Å². The van der Waals surface area contributed by atoms with Gasteiger partial charge in [0, 0.05) is 18.5 Å². The van der Waals surface area contributed by atoms with Crippen LogP contribution in [-0.2, 0) is 0 Å². The van der Waals surface area contributed by atoms with Crippen molar-refractivity contribution < 1.29 is 0 Å². The van der Waals surface area contributed by atoms with Gasteiger partial charge < -0.3 is 4.90 Å². The lowest BCUT2D eigenvalue weighted by Gasteiger charge is -2.12. The zero-order valence-corrected chi connectivity index (χ0v) is 9.21. The van der Waals surface area contributed by atoms with Gasteiger partial charge in [-0.15, -0.1) is 11.3 Å². The van der Waals surface area contributed by atoms with Gasteiger partial charge in [0.15, 0.2) is 0 Å². The summed E-state index contributed by atoms with van der Waals surface area (Å²) in [4.78, 5) is 6.18. The number of rotatable bonds is 5. The number of thiazole rings is 1. The van der Waals surface area contributed by atoms with Crippen LogP contribution in [0, 0.1) is 11.3 Å². The van der Waals surface area contributed by atoms with Crippen molar-refractivity contribution in [2.45, 2.75) is 6.04 Å². The van der Waals surface area contributed by atoms with Gasteiger partial charge in [-0.3, -0.25) is 5.32 Å². The lowest BCUT2D eigenvalue weighted by Crippen LogP contribution is -2.29. The van der Waals surface area contributed by atoms with E-state index in [1.54, 1.807) is 5.51 Å². The van der Waals surface area contributed by atoms with Gasteiger partial charge in [-0.1, -0.05) is 0 Å². The first-order chi connectivity index (χ1) is 6.74. The number of nitriles is 1. The fourth-order valence-corrected chi connectivity index (χ4v) is 1.59. The Morgan fingerprint density at radius 3 is 3.00 bits per heavy atom. The van der Waals surface area contributed by atoms with E-state index in [4.69, 9.17) is 5.26 Å². The number of hydrogen-bond acceptors (Lipinski definition) is 5. The highest BCUT2D eigenvalue weighted by Crippen LogP contribution is 2.11. The molecule has 1 atom stereocenters. The first-order valence-corrected chi connectivity index (χ1v) is 5.34. The van der Waals surface area contributed by atoms with Crippen LogP contribution < -0.4 is 5.32 Å². The van der Waals surface area contributed by atoms with Crippen molar-refractivity contribution in [2.24, 2.45) is 0 Å². The summed E-state index contributed by atoms with van der Waals surface area (Å²) in [5, 5.41) is 13.9. The molecule has 0 fully saturated rings. The molecule has 4 nitrogen and oxygen atoms in total. The molecule has 1 aromatic rings. The molecule has 0 spiro atoms. The zero-order valence-electron chi connectivity index (χ0n) is 8.40. The zero-order chi connectivity index (χ0) is 10.4. The number of aromatic nitrogens is 1. The van der Waals surface area contributed by atoms with Crippen molar-refractivity contribution in [3.05, 3.63) is 16.6 Å². The molecule has 1 unspecified atom stereocenters. The molecule has 0 bridgehead atoms. The molecule has 0 aromatic carbocycles. The van der Waals surface area contributed by atoms with E-state index in [0.717, 1.165) is 18.8 Å². The lowest BCUT2D eigenvalue weighted by atomic mass is 10.2. The molecule has 0 aliphatic rings. The molecule has 1 rings (SSSR count). The Morgan fingerprint density at radius 1 is 1.71 bits per heavy atom. The van der Waals surface area contributed by atoms with E-state index in [1.165, 1.54) is 11.3 Å². The summed E-state index contributed by atoms with van der Waals surface area (Å²) in [6, 6.07) is 1.92. The smallest absolute Gasteiger partial charge is 0.139 e. The largest absolute Gasteiger partial charge is 0.308 e. The quantitative estimate of drug-likeness (QED) is 0.783. The molecule has 0 saturated heterocycles. The maximum absolute atomic E-state index is 8.90. The third-order valence-corrected chi connectivity index (χ3v) is 2.39. The number of nitrogens with one attached hydrogen (secondary N) is 1. The third kappa shape index (κ3) is 3.42. The standard InChI is InChI=1S/C9H14N4S/c1-13(2)4-3-11-8(5-10)9-6-14-7-12-9/h6-8,11H,3-4H2,1-2H3. The van der Waals surface area contributed by atoms with Gasteiger partial charge >= 0.3 is 0 Å². The van der Waals surface area contributed by atoms with Gasteiger partial charge in [-0.25, -0.2) is 4.98 Å². The summed E-state index contributed by atoms with van der Waals surface area (Å²) in [6.07, 6.45) is 0. The van der Waals surface area contributed by atoms with Crippen LogP contribution in [-0.4, -0.2) is 37.1 Å². The molecule has 5 heteroatoms. The second-order valence-corrected chi connectivity index (χ2v) is 3.95. The van der Waals surface area contributed by atoms with E-state index < -0.39 is 0 Å². The second kappa shape index (κ2) is 5.70. The minimum absolute atomic E-state index is 0.277. The van der Waals surface area contributed by atoms with Crippen LogP contribution >= 0.6 is 11.3 Å². The van der Waals surface area contributed by atoms with Crippen LogP contribution in [0.5, 0.6) is 0 Å². The minimum atomic E-state index is -0.277. The first kappa shape index (κ1) is 11.1. The molecule has 0 aliphatic carbocycles. The van der Waals surface area contributed by atoms with Crippen molar-refractivity contribution >= 4 is 11.3 Å². The third-order valence-electron chi connectivity index (χ3n) is 1.78. The van der Waals surface area contributed by atoms with E-state index in [0.29, 0.717) is 0 Å². The average Bonchev–Trinajstić information content (AvgIpc) is 2.64. The van der Waals surface area contributed by atoms with Crippen LogP contribution in [0.25, 0.3) is 0 Å². The van der Waals surface area contributed by atoms with Crippen molar-refractivity contribution in [1.29, 1.82) is 5.26 Å². The van der Waals surface area contributed by atoms with E-state index >= 15 is 0 Å². The Morgan fingerprint density at radius 2 is 2.50 bits per heavy atom. The number of hydrogen-bond donors (Lipinski definition) is 1. The molecule has 0 amide bonds. The Hall–Kier alpha value is -0.960. The molecule has 0 radical (unpaired) electrons. The van der Waals surface area contributed by atoms with Crippen molar-refractivity contribution in [3.8, 4) is 6.07 Å². The fourth-order valence-electron chi connectivity index (χ4n) is 1.01. The maximum atomic E-state index is 8.90. The van der Waals surface area contributed by atoms with E-state index in [9.17, 15) is 0 Å². The average molecular weight is 210 g/mol. The Kier molecular flexibility index (Phi) is 4.53. The molecule has 0 saturated carbocycles. The molecule has 0 aliphatic heterocycles. The summed E-state index contributed by atoms with van der Waals surface area (Å²) in [5.41, 5.74) is 2.56. The Balaban J connectivity index is 2.38. The van der Waals surface area contributed by atoms with Gasteiger partial charge in [0.2, 0.25) is 0 Å². The highest BCUT2D eigenvalue weighted by atomic mass is 32.1. The van der Waals surface area contributed by atoms with Crippen molar-refractivity contribution in [3.63, 3.8) is 0 Å². The van der Waals surface area contributed by atoms with Gasteiger partial charge in [-0.2, -0.15) is 5.26 Å². The summed E-state index contributed by atoms with van der Waals surface area (Å²) >= 11 is 1.51. The summed E-state index contributed by atoms with van der Waals surface area (Å²) in [5.74, 6) is 0. The number of likely N-dealkylation sites (N-methyl/N-ethyl adjacent to an activating group) is 1. The van der Waals surface area contributed by atoms with E-state index in [1.807, 2.05) is 19.5 Å². The molecule has 76 valence electrons. The summed E-state index contributed by atoms with van der Waals surface area (Å²) < 4.78 is 0. The highest BCUT2D eigenvalue weighted by Gasteiger charge is 2.10. The van der Waals surface area contributed by atoms with Crippen LogP contribution in [0.15, 0.2) is 10.9 Å². The monoisotopic (exact) mass is 210 g/mol. The summed E-state index contributed by atoms with van der Waals surface area (Å²) in [6.45, 7) is 1.71. The Labute approximate surface area is 88.2 Å². The van der Waals surface area contributed by atoms with Crippen LogP contribution in [0.1, 0.15) is 11.7 Å². The van der Waals surface area contributed by atoms with E-state index in [2.05, 4.69) is 21.3 Å².